The summed E-state index contributed by atoms with van der Waals surface area (Å²) < 4.78 is 11.4. The highest BCUT2D eigenvalue weighted by Gasteiger charge is 2.13. The molecule has 0 bridgehead atoms. The molecule has 3 aromatic rings. The van der Waals surface area contributed by atoms with Crippen LogP contribution in [0.25, 0.3) is 0 Å². The smallest absolute Gasteiger partial charge is 0.255 e. The number of ether oxygens (including phenoxy) is 2. The zero-order valence-corrected chi connectivity index (χ0v) is 18.4. The van der Waals surface area contributed by atoms with E-state index < -0.39 is 0 Å². The molecule has 5 heteroatoms. The molecule has 0 saturated heterocycles. The van der Waals surface area contributed by atoms with Crippen LogP contribution in [0.3, 0.4) is 0 Å². The predicted molar refractivity (Wildman–Crippen MR) is 124 cm³/mol. The van der Waals surface area contributed by atoms with Gasteiger partial charge in [0.05, 0.1) is 18.9 Å². The van der Waals surface area contributed by atoms with Gasteiger partial charge in [0.1, 0.15) is 11.5 Å². The van der Waals surface area contributed by atoms with Gasteiger partial charge in [0, 0.05) is 21.8 Å². The third-order valence-electron chi connectivity index (χ3n) is 4.47. The van der Waals surface area contributed by atoms with Gasteiger partial charge in [-0.25, -0.2) is 0 Å². The van der Waals surface area contributed by atoms with Crippen LogP contribution in [0.4, 0.5) is 5.69 Å². The molecule has 0 radical (unpaired) electrons. The van der Waals surface area contributed by atoms with E-state index in [1.807, 2.05) is 50.2 Å². The number of rotatable bonds is 9. The van der Waals surface area contributed by atoms with E-state index in [9.17, 15) is 4.79 Å². The predicted octanol–water partition coefficient (Wildman–Crippen LogP) is 6.34. The summed E-state index contributed by atoms with van der Waals surface area (Å²) in [5, 5.41) is 2.96. The van der Waals surface area contributed by atoms with Crippen molar-refractivity contribution in [2.45, 2.75) is 31.4 Å². The number of anilines is 1. The van der Waals surface area contributed by atoms with Crippen molar-refractivity contribution >= 4 is 23.4 Å². The molecule has 3 aromatic carbocycles. The molecule has 4 nitrogen and oxygen atoms in total. The molecule has 0 saturated carbocycles. The average molecular weight is 422 g/mol. The zero-order chi connectivity index (χ0) is 21.3. The Bertz CT molecular complexity index is 986. The Morgan fingerprint density at radius 1 is 0.900 bits per heavy atom. The van der Waals surface area contributed by atoms with Crippen molar-refractivity contribution in [1.82, 2.24) is 0 Å². The summed E-state index contributed by atoms with van der Waals surface area (Å²) in [7, 11) is 0. The Morgan fingerprint density at radius 2 is 1.60 bits per heavy atom. The van der Waals surface area contributed by atoms with Gasteiger partial charge in [0.2, 0.25) is 0 Å². The van der Waals surface area contributed by atoms with Crippen molar-refractivity contribution < 1.29 is 14.3 Å². The van der Waals surface area contributed by atoms with Crippen molar-refractivity contribution in [3.05, 3.63) is 83.4 Å². The molecule has 0 aromatic heterocycles. The third-order valence-corrected chi connectivity index (χ3v) is 5.53. The van der Waals surface area contributed by atoms with E-state index in [2.05, 4.69) is 36.5 Å². The van der Waals surface area contributed by atoms with Gasteiger partial charge in [-0.3, -0.25) is 4.79 Å². The second-order valence-corrected chi connectivity index (χ2v) is 7.79. The van der Waals surface area contributed by atoms with Crippen LogP contribution in [0.1, 0.15) is 35.3 Å². The highest BCUT2D eigenvalue weighted by atomic mass is 32.2. The van der Waals surface area contributed by atoms with Crippen LogP contribution >= 0.6 is 11.8 Å². The lowest BCUT2D eigenvalue weighted by Crippen LogP contribution is -2.13. The number of hydrogen-bond donors (Lipinski definition) is 1. The molecule has 0 aliphatic heterocycles. The van der Waals surface area contributed by atoms with Gasteiger partial charge >= 0.3 is 0 Å². The van der Waals surface area contributed by atoms with Crippen LogP contribution < -0.4 is 14.8 Å². The molecule has 0 spiro atoms. The summed E-state index contributed by atoms with van der Waals surface area (Å²) in [6.45, 7) is 7.07. The lowest BCUT2D eigenvalue weighted by Gasteiger charge is -2.14. The average Bonchev–Trinajstić information content (AvgIpc) is 2.76. The first kappa shape index (κ1) is 21.8. The maximum atomic E-state index is 12.9. The van der Waals surface area contributed by atoms with Crippen LogP contribution in [0.15, 0.2) is 71.6 Å². The Balaban J connectivity index is 1.78. The number of nitrogens with one attached hydrogen (secondary N) is 1. The molecule has 156 valence electrons. The van der Waals surface area contributed by atoms with Crippen molar-refractivity contribution in [1.29, 1.82) is 0 Å². The third kappa shape index (κ3) is 5.80. The molecule has 0 atom stereocenters. The van der Waals surface area contributed by atoms with E-state index in [0.29, 0.717) is 30.2 Å². The number of carbonyl (C=O) groups is 1. The quantitative estimate of drug-likeness (QED) is 0.410. The normalized spacial score (nSPS) is 10.5. The first-order chi connectivity index (χ1) is 14.6. The van der Waals surface area contributed by atoms with Crippen LogP contribution in [0.2, 0.25) is 0 Å². The molecule has 3 rings (SSSR count). The van der Waals surface area contributed by atoms with Crippen molar-refractivity contribution in [3.63, 3.8) is 0 Å². The number of thioether (sulfide) groups is 1. The molecule has 1 amide bonds. The summed E-state index contributed by atoms with van der Waals surface area (Å²) >= 11 is 1.72. The fourth-order valence-electron chi connectivity index (χ4n) is 2.97. The number of para-hydroxylation sites is 2. The van der Waals surface area contributed by atoms with Gasteiger partial charge in [0.25, 0.3) is 5.91 Å². The van der Waals surface area contributed by atoms with Gasteiger partial charge in [-0.2, -0.15) is 0 Å². The maximum Gasteiger partial charge on any atom is 0.255 e. The fourth-order valence-corrected chi connectivity index (χ4v) is 3.85. The molecule has 0 heterocycles. The summed E-state index contributed by atoms with van der Waals surface area (Å²) in [5.41, 5.74) is 3.48. The summed E-state index contributed by atoms with van der Waals surface area (Å²) in [4.78, 5) is 14.1. The number of carbonyl (C=O) groups excluding carboxylic acids is 1. The summed E-state index contributed by atoms with van der Waals surface area (Å²) in [5.74, 6) is 2.01. The van der Waals surface area contributed by atoms with E-state index >= 15 is 0 Å². The molecule has 1 N–H and O–H groups in total. The standard InChI is InChI=1S/C25H27NO3S/c1-4-28-23-15-12-19(16-20(23)17-30-21-13-10-18(3)11-14-21)25(27)26-22-8-6-7-9-24(22)29-5-2/h6-16H,4-5,17H2,1-3H3,(H,26,27). The van der Waals surface area contributed by atoms with E-state index in [1.165, 1.54) is 10.5 Å². The topological polar surface area (TPSA) is 47.6 Å². The SMILES string of the molecule is CCOc1ccc(C(=O)Nc2ccccc2OCC)cc1CSc1ccc(C)cc1. The van der Waals surface area contributed by atoms with Gasteiger partial charge in [-0.15, -0.1) is 11.8 Å². The largest absolute Gasteiger partial charge is 0.494 e. The molecular formula is C25H27NO3S. The van der Waals surface area contributed by atoms with Gasteiger partial charge in [-0.05, 0) is 63.2 Å². The van der Waals surface area contributed by atoms with E-state index in [4.69, 9.17) is 9.47 Å². The minimum Gasteiger partial charge on any atom is -0.494 e. The van der Waals surface area contributed by atoms with E-state index in [-0.39, 0.29) is 5.91 Å². The van der Waals surface area contributed by atoms with E-state index in [0.717, 1.165) is 17.1 Å². The molecular weight excluding hydrogens is 394 g/mol. The summed E-state index contributed by atoms with van der Waals surface area (Å²) in [6.07, 6.45) is 0. The molecule has 0 aliphatic carbocycles. The van der Waals surface area contributed by atoms with Crippen LogP contribution in [-0.4, -0.2) is 19.1 Å². The number of hydrogen-bond acceptors (Lipinski definition) is 4. The zero-order valence-electron chi connectivity index (χ0n) is 17.6. The first-order valence-electron chi connectivity index (χ1n) is 10.1. The highest BCUT2D eigenvalue weighted by Crippen LogP contribution is 2.30. The molecule has 30 heavy (non-hydrogen) atoms. The van der Waals surface area contributed by atoms with E-state index in [1.54, 1.807) is 17.8 Å². The number of aryl methyl sites for hydroxylation is 1. The Hall–Kier alpha value is -2.92. The first-order valence-corrected chi connectivity index (χ1v) is 11.1. The van der Waals surface area contributed by atoms with Crippen LogP contribution in [0, 0.1) is 6.92 Å². The lowest BCUT2D eigenvalue weighted by molar-refractivity contribution is 0.102. The lowest BCUT2D eigenvalue weighted by atomic mass is 10.1. The molecule has 0 fully saturated rings. The van der Waals surface area contributed by atoms with Gasteiger partial charge in [-0.1, -0.05) is 29.8 Å². The fraction of sp³-hybridized carbons (Fsp3) is 0.240. The van der Waals surface area contributed by atoms with Crippen molar-refractivity contribution in [2.24, 2.45) is 0 Å². The number of amides is 1. The van der Waals surface area contributed by atoms with Gasteiger partial charge in [0.15, 0.2) is 0 Å². The summed E-state index contributed by atoms with van der Waals surface area (Å²) in [6, 6.07) is 21.5. The monoisotopic (exact) mass is 421 g/mol. The minimum atomic E-state index is -0.174. The Morgan fingerprint density at radius 3 is 2.33 bits per heavy atom. The molecule has 0 unspecified atom stereocenters. The number of benzene rings is 3. The van der Waals surface area contributed by atoms with Crippen LogP contribution in [-0.2, 0) is 5.75 Å². The maximum absolute atomic E-state index is 12.9. The second-order valence-electron chi connectivity index (χ2n) is 6.74. The Kier molecular flexibility index (Phi) is 7.80. The second kappa shape index (κ2) is 10.7. The van der Waals surface area contributed by atoms with Gasteiger partial charge < -0.3 is 14.8 Å². The van der Waals surface area contributed by atoms with Crippen LogP contribution in [0.5, 0.6) is 11.5 Å². The minimum absolute atomic E-state index is 0.174. The highest BCUT2D eigenvalue weighted by molar-refractivity contribution is 7.98. The molecule has 0 aliphatic rings. The van der Waals surface area contributed by atoms with Crippen molar-refractivity contribution in [2.75, 3.05) is 18.5 Å². The van der Waals surface area contributed by atoms with Crippen molar-refractivity contribution in [3.8, 4) is 11.5 Å². The Labute approximate surface area is 182 Å².